The van der Waals surface area contributed by atoms with E-state index in [0.717, 1.165) is 24.9 Å². The summed E-state index contributed by atoms with van der Waals surface area (Å²) in [7, 11) is 1.71. The Labute approximate surface area is 146 Å². The zero-order chi connectivity index (χ0) is 17.8. The number of anilines is 1. The van der Waals surface area contributed by atoms with Gasteiger partial charge in [-0.2, -0.15) is 0 Å². The maximum Gasteiger partial charge on any atom is 0.293 e. The molecule has 2 aromatic heterocycles. The van der Waals surface area contributed by atoms with Crippen molar-refractivity contribution in [2.75, 3.05) is 18.0 Å². The summed E-state index contributed by atoms with van der Waals surface area (Å²) in [6.07, 6.45) is 8.49. The third-order valence-corrected chi connectivity index (χ3v) is 4.64. The van der Waals surface area contributed by atoms with Gasteiger partial charge in [0.05, 0.1) is 5.92 Å². The van der Waals surface area contributed by atoms with E-state index >= 15 is 0 Å². The monoisotopic (exact) mass is 341 g/mol. The maximum absolute atomic E-state index is 12.5. The van der Waals surface area contributed by atoms with Crippen LogP contribution >= 0.6 is 0 Å². The summed E-state index contributed by atoms with van der Waals surface area (Å²) < 4.78 is 1.52. The molecule has 2 atom stereocenters. The quantitative estimate of drug-likeness (QED) is 0.900. The molecule has 3 heterocycles. The van der Waals surface area contributed by atoms with E-state index in [1.807, 2.05) is 24.0 Å². The predicted octanol–water partition coefficient (Wildman–Crippen LogP) is 1.06. The minimum atomic E-state index is -0.258. The van der Waals surface area contributed by atoms with Gasteiger partial charge in [-0.1, -0.05) is 6.07 Å². The van der Waals surface area contributed by atoms with E-state index in [1.165, 1.54) is 4.57 Å². The number of aromatic nitrogens is 3. The zero-order valence-electron chi connectivity index (χ0n) is 14.6. The second-order valence-corrected chi connectivity index (χ2v) is 6.47. The van der Waals surface area contributed by atoms with Crippen molar-refractivity contribution in [3.8, 4) is 0 Å². The Kier molecular flexibility index (Phi) is 5.11. The Morgan fingerprint density at radius 1 is 1.40 bits per heavy atom. The van der Waals surface area contributed by atoms with Gasteiger partial charge in [0.2, 0.25) is 5.91 Å². The molecule has 1 saturated heterocycles. The molecule has 2 unspecified atom stereocenters. The van der Waals surface area contributed by atoms with E-state index in [4.69, 9.17) is 0 Å². The molecule has 1 amide bonds. The lowest BCUT2D eigenvalue weighted by Gasteiger charge is -2.34. The minimum absolute atomic E-state index is 0.00656. The van der Waals surface area contributed by atoms with Crippen molar-refractivity contribution in [2.45, 2.75) is 31.7 Å². The molecule has 1 fully saturated rings. The molecule has 1 N–H and O–H groups in total. The lowest BCUT2D eigenvalue weighted by atomic mass is 10.00. The van der Waals surface area contributed by atoms with Crippen LogP contribution in [0.1, 0.15) is 31.2 Å². The Balaban J connectivity index is 1.66. The predicted molar refractivity (Wildman–Crippen MR) is 95.5 cm³/mol. The average molecular weight is 341 g/mol. The van der Waals surface area contributed by atoms with E-state index in [9.17, 15) is 9.59 Å². The molecular weight excluding hydrogens is 318 g/mol. The minimum Gasteiger partial charge on any atom is -0.351 e. The van der Waals surface area contributed by atoms with Crippen molar-refractivity contribution in [3.63, 3.8) is 0 Å². The van der Waals surface area contributed by atoms with E-state index in [1.54, 1.807) is 31.8 Å². The molecule has 7 nitrogen and oxygen atoms in total. The number of amides is 1. The van der Waals surface area contributed by atoms with Crippen LogP contribution in [0.5, 0.6) is 0 Å². The number of nitrogens with zero attached hydrogens (tertiary/aromatic N) is 4. The molecule has 0 aliphatic carbocycles. The summed E-state index contributed by atoms with van der Waals surface area (Å²) in [4.78, 5) is 35.1. The number of carbonyl (C=O) groups is 1. The number of aryl methyl sites for hydroxylation is 1. The van der Waals surface area contributed by atoms with E-state index in [2.05, 4.69) is 15.3 Å². The third kappa shape index (κ3) is 3.87. The standard InChI is InChI=1S/C18H23N5O2/c1-13(14-5-3-7-19-11-14)17(24)21-15-6-4-9-23(12-15)16-18(25)22(2)10-8-20-16/h3,5,7-8,10-11,13,15H,4,6,9,12H2,1-2H3,(H,21,24). The van der Waals surface area contributed by atoms with Gasteiger partial charge >= 0.3 is 0 Å². The van der Waals surface area contributed by atoms with E-state index < -0.39 is 0 Å². The topological polar surface area (TPSA) is 80.1 Å². The summed E-state index contributed by atoms with van der Waals surface area (Å²) in [5, 5.41) is 3.11. The summed E-state index contributed by atoms with van der Waals surface area (Å²) in [5.41, 5.74) is 0.782. The van der Waals surface area contributed by atoms with Crippen LogP contribution in [0.3, 0.4) is 0 Å². The third-order valence-electron chi connectivity index (χ3n) is 4.64. The molecule has 0 spiro atoms. The second kappa shape index (κ2) is 7.46. The van der Waals surface area contributed by atoms with E-state index in [-0.39, 0.29) is 23.4 Å². The first-order chi connectivity index (χ1) is 12.1. The zero-order valence-corrected chi connectivity index (χ0v) is 14.6. The van der Waals surface area contributed by atoms with Gasteiger partial charge in [0.1, 0.15) is 0 Å². The summed E-state index contributed by atoms with van der Waals surface area (Å²) in [6.45, 7) is 3.25. The van der Waals surface area contributed by atoms with Gasteiger partial charge in [0.25, 0.3) is 5.56 Å². The first kappa shape index (κ1) is 17.1. The van der Waals surface area contributed by atoms with Gasteiger partial charge in [-0.3, -0.25) is 14.6 Å². The summed E-state index contributed by atoms with van der Waals surface area (Å²) >= 11 is 0. The molecule has 7 heteroatoms. The van der Waals surface area contributed by atoms with Crippen LogP contribution in [0.2, 0.25) is 0 Å². The number of piperidine rings is 1. The normalized spacial score (nSPS) is 18.6. The lowest BCUT2D eigenvalue weighted by Crippen LogP contribution is -2.50. The molecule has 0 bridgehead atoms. The molecule has 1 aliphatic rings. The molecule has 3 rings (SSSR count). The number of hydrogen-bond donors (Lipinski definition) is 1. The van der Waals surface area contributed by atoms with Crippen LogP contribution < -0.4 is 15.8 Å². The maximum atomic E-state index is 12.5. The number of pyridine rings is 1. The van der Waals surface area contributed by atoms with Gasteiger partial charge in [-0.15, -0.1) is 0 Å². The molecule has 0 saturated carbocycles. The number of nitrogens with one attached hydrogen (secondary N) is 1. The Morgan fingerprint density at radius 2 is 2.24 bits per heavy atom. The van der Waals surface area contributed by atoms with Gasteiger partial charge < -0.3 is 14.8 Å². The molecule has 1 aliphatic heterocycles. The first-order valence-electron chi connectivity index (χ1n) is 8.53. The SMILES string of the molecule is CC(C(=O)NC1CCCN(c2nccn(C)c2=O)C1)c1cccnc1. The molecule has 25 heavy (non-hydrogen) atoms. The molecule has 2 aromatic rings. The van der Waals surface area contributed by atoms with Crippen LogP contribution in [-0.2, 0) is 11.8 Å². The molecular formula is C18H23N5O2. The van der Waals surface area contributed by atoms with Crippen LogP contribution in [0.15, 0.2) is 41.7 Å². The van der Waals surface area contributed by atoms with Crippen LogP contribution in [-0.4, -0.2) is 39.6 Å². The number of carbonyl (C=O) groups excluding carboxylic acids is 1. The Morgan fingerprint density at radius 3 is 3.00 bits per heavy atom. The van der Waals surface area contributed by atoms with Crippen molar-refractivity contribution in [1.82, 2.24) is 19.9 Å². The van der Waals surface area contributed by atoms with Crippen molar-refractivity contribution < 1.29 is 4.79 Å². The fourth-order valence-electron chi connectivity index (χ4n) is 3.10. The van der Waals surface area contributed by atoms with Crippen LogP contribution in [0.25, 0.3) is 0 Å². The lowest BCUT2D eigenvalue weighted by molar-refractivity contribution is -0.123. The fourth-order valence-corrected chi connectivity index (χ4v) is 3.10. The average Bonchev–Trinajstić information content (AvgIpc) is 2.64. The highest BCUT2D eigenvalue weighted by molar-refractivity contribution is 5.83. The summed E-state index contributed by atoms with van der Waals surface area (Å²) in [6, 6.07) is 3.74. The fraction of sp³-hybridized carbons (Fsp3) is 0.444. The molecule has 0 radical (unpaired) electrons. The van der Waals surface area contributed by atoms with Gasteiger partial charge in [0, 0.05) is 51.0 Å². The van der Waals surface area contributed by atoms with Gasteiger partial charge in [-0.05, 0) is 31.4 Å². The van der Waals surface area contributed by atoms with Crippen molar-refractivity contribution in [2.24, 2.45) is 7.05 Å². The summed E-state index contributed by atoms with van der Waals surface area (Å²) in [5.74, 6) is 0.171. The Bertz CT molecular complexity index is 790. The number of hydrogen-bond acceptors (Lipinski definition) is 5. The van der Waals surface area contributed by atoms with Crippen molar-refractivity contribution >= 4 is 11.7 Å². The Hall–Kier alpha value is -2.70. The van der Waals surface area contributed by atoms with Crippen molar-refractivity contribution in [1.29, 1.82) is 0 Å². The second-order valence-electron chi connectivity index (χ2n) is 6.47. The molecule has 0 aromatic carbocycles. The van der Waals surface area contributed by atoms with Crippen molar-refractivity contribution in [3.05, 3.63) is 52.8 Å². The number of rotatable bonds is 4. The van der Waals surface area contributed by atoms with E-state index in [0.29, 0.717) is 12.4 Å². The highest BCUT2D eigenvalue weighted by atomic mass is 16.2. The highest BCUT2D eigenvalue weighted by Crippen LogP contribution is 2.17. The van der Waals surface area contributed by atoms with Gasteiger partial charge in [-0.25, -0.2) is 4.98 Å². The smallest absolute Gasteiger partial charge is 0.293 e. The van der Waals surface area contributed by atoms with Gasteiger partial charge in [0.15, 0.2) is 5.82 Å². The highest BCUT2D eigenvalue weighted by Gasteiger charge is 2.26. The van der Waals surface area contributed by atoms with Crippen LogP contribution in [0.4, 0.5) is 5.82 Å². The van der Waals surface area contributed by atoms with Crippen LogP contribution in [0, 0.1) is 0 Å². The molecule has 132 valence electrons. The first-order valence-corrected chi connectivity index (χ1v) is 8.53. The largest absolute Gasteiger partial charge is 0.351 e.